The molecule has 88 valence electrons. The Labute approximate surface area is 104 Å². The summed E-state index contributed by atoms with van der Waals surface area (Å²) < 4.78 is 0. The van der Waals surface area contributed by atoms with Gasteiger partial charge in [-0.1, -0.05) is 48.6 Å². The highest BCUT2D eigenvalue weighted by Crippen LogP contribution is 2.23. The van der Waals surface area contributed by atoms with E-state index in [1.54, 1.807) is 0 Å². The van der Waals surface area contributed by atoms with Crippen molar-refractivity contribution in [2.45, 2.75) is 6.92 Å². The molecule has 2 rings (SSSR count). The van der Waals surface area contributed by atoms with Gasteiger partial charge in [0.05, 0.1) is 0 Å². The van der Waals surface area contributed by atoms with Gasteiger partial charge in [-0.05, 0) is 24.6 Å². The first-order valence-electron chi connectivity index (χ1n) is 5.98. The van der Waals surface area contributed by atoms with E-state index in [0.29, 0.717) is 5.92 Å². The van der Waals surface area contributed by atoms with Crippen molar-refractivity contribution in [2.75, 3.05) is 18.5 Å². The fraction of sp³-hybridized carbons (Fsp3) is 0.250. The summed E-state index contributed by atoms with van der Waals surface area (Å²) in [7, 11) is 2.13. The monoisotopic (exact) mass is 225 g/mol. The Kier molecular flexibility index (Phi) is 3.48. The Morgan fingerprint density at radius 2 is 1.88 bits per heavy atom. The highest BCUT2D eigenvalue weighted by atomic mass is 15.1. The maximum atomic E-state index is 4.12. The van der Waals surface area contributed by atoms with Crippen LogP contribution in [0.5, 0.6) is 0 Å². The third-order valence-electron chi connectivity index (χ3n) is 3.17. The van der Waals surface area contributed by atoms with Crippen LogP contribution in [0.1, 0.15) is 6.92 Å². The molecule has 0 amide bonds. The Morgan fingerprint density at radius 3 is 2.59 bits per heavy atom. The molecule has 1 atom stereocenters. The number of hydrogen-bond donors (Lipinski definition) is 0. The maximum absolute atomic E-state index is 4.12. The predicted molar refractivity (Wildman–Crippen MR) is 75.2 cm³/mol. The third kappa shape index (κ3) is 2.88. The summed E-state index contributed by atoms with van der Waals surface area (Å²) in [4.78, 5) is 2.28. The van der Waals surface area contributed by atoms with Gasteiger partial charge in [-0.2, -0.15) is 0 Å². The zero-order chi connectivity index (χ0) is 12.3. The topological polar surface area (TPSA) is 3.24 Å². The van der Waals surface area contributed by atoms with Gasteiger partial charge in [0.1, 0.15) is 0 Å². The van der Waals surface area contributed by atoms with Crippen LogP contribution in [-0.2, 0) is 0 Å². The summed E-state index contributed by atoms with van der Waals surface area (Å²) in [6, 6.07) is 10.5. The molecule has 1 heteroatoms. The van der Waals surface area contributed by atoms with Crippen LogP contribution >= 0.6 is 0 Å². The Morgan fingerprint density at radius 1 is 1.18 bits per heavy atom. The van der Waals surface area contributed by atoms with Gasteiger partial charge in [0.2, 0.25) is 0 Å². The van der Waals surface area contributed by atoms with E-state index in [1.165, 1.54) is 16.8 Å². The average molecular weight is 225 g/mol. The van der Waals surface area contributed by atoms with Crippen LogP contribution in [0.4, 0.5) is 5.69 Å². The van der Waals surface area contributed by atoms with Gasteiger partial charge in [-0.3, -0.25) is 0 Å². The summed E-state index contributed by atoms with van der Waals surface area (Å²) in [5.41, 5.74) is 3.77. The van der Waals surface area contributed by atoms with Gasteiger partial charge < -0.3 is 4.90 Å². The van der Waals surface area contributed by atoms with Crippen molar-refractivity contribution in [2.24, 2.45) is 5.92 Å². The number of rotatable bonds is 3. The summed E-state index contributed by atoms with van der Waals surface area (Å²) >= 11 is 0. The fourth-order valence-electron chi connectivity index (χ4n) is 2.09. The van der Waals surface area contributed by atoms with Gasteiger partial charge in [0.15, 0.2) is 0 Å². The number of hydrogen-bond acceptors (Lipinski definition) is 1. The largest absolute Gasteiger partial charge is 0.374 e. The maximum Gasteiger partial charge on any atom is 0.0363 e. The lowest BCUT2D eigenvalue weighted by molar-refractivity contribution is 0.736. The molecule has 0 bridgehead atoms. The minimum Gasteiger partial charge on any atom is -0.374 e. The normalized spacial score (nSPS) is 19.1. The van der Waals surface area contributed by atoms with Crippen LogP contribution in [0.15, 0.2) is 66.3 Å². The molecule has 0 N–H and O–H groups in total. The van der Waals surface area contributed by atoms with Crippen molar-refractivity contribution >= 4 is 5.69 Å². The van der Waals surface area contributed by atoms with E-state index < -0.39 is 0 Å². The molecule has 1 aromatic rings. The van der Waals surface area contributed by atoms with Crippen LogP contribution in [-0.4, -0.2) is 13.6 Å². The smallest absolute Gasteiger partial charge is 0.0363 e. The molecule has 1 aliphatic rings. The molecule has 1 aliphatic carbocycles. The van der Waals surface area contributed by atoms with Crippen molar-refractivity contribution in [3.8, 4) is 0 Å². The standard InChI is InChI=1S/C16H19N/c1-13-9-10-14(2)15(11-13)12-17(3)16-7-5-4-6-8-16/h4-11,15H,2,12H2,1,3H3. The molecular formula is C16H19N. The summed E-state index contributed by atoms with van der Waals surface area (Å²) in [5, 5.41) is 0. The van der Waals surface area contributed by atoms with E-state index in [9.17, 15) is 0 Å². The van der Waals surface area contributed by atoms with E-state index in [4.69, 9.17) is 0 Å². The van der Waals surface area contributed by atoms with Gasteiger partial charge in [-0.15, -0.1) is 0 Å². The van der Waals surface area contributed by atoms with E-state index in [0.717, 1.165) is 6.54 Å². The molecular weight excluding hydrogens is 206 g/mol. The van der Waals surface area contributed by atoms with Crippen LogP contribution in [0.2, 0.25) is 0 Å². The minimum atomic E-state index is 0.421. The molecule has 17 heavy (non-hydrogen) atoms. The Balaban J connectivity index is 2.07. The third-order valence-corrected chi connectivity index (χ3v) is 3.17. The number of para-hydroxylation sites is 1. The molecule has 1 unspecified atom stereocenters. The first-order valence-corrected chi connectivity index (χ1v) is 5.98. The van der Waals surface area contributed by atoms with Gasteiger partial charge in [-0.25, -0.2) is 0 Å². The summed E-state index contributed by atoms with van der Waals surface area (Å²) in [5.74, 6) is 0.421. The van der Waals surface area contributed by atoms with Crippen molar-refractivity contribution < 1.29 is 0 Å². The van der Waals surface area contributed by atoms with E-state index in [2.05, 4.69) is 67.9 Å². The number of allylic oxidation sites excluding steroid dienone is 3. The zero-order valence-electron chi connectivity index (χ0n) is 10.6. The molecule has 0 aromatic heterocycles. The van der Waals surface area contributed by atoms with E-state index >= 15 is 0 Å². The van der Waals surface area contributed by atoms with Crippen LogP contribution in [0.3, 0.4) is 0 Å². The second-order valence-corrected chi connectivity index (χ2v) is 4.64. The second kappa shape index (κ2) is 5.05. The number of anilines is 1. The lowest BCUT2D eigenvalue weighted by atomic mass is 9.92. The average Bonchev–Trinajstić information content (AvgIpc) is 2.35. The van der Waals surface area contributed by atoms with Crippen molar-refractivity contribution in [1.29, 1.82) is 0 Å². The van der Waals surface area contributed by atoms with E-state index in [1.807, 2.05) is 6.07 Å². The molecule has 1 aromatic carbocycles. The lowest BCUT2D eigenvalue weighted by Gasteiger charge is -2.26. The molecule has 0 spiro atoms. The van der Waals surface area contributed by atoms with Crippen LogP contribution in [0, 0.1) is 5.92 Å². The molecule has 1 nitrogen and oxygen atoms in total. The molecule has 0 saturated carbocycles. The van der Waals surface area contributed by atoms with Gasteiger partial charge in [0, 0.05) is 25.2 Å². The van der Waals surface area contributed by atoms with Gasteiger partial charge >= 0.3 is 0 Å². The lowest BCUT2D eigenvalue weighted by Crippen LogP contribution is -2.25. The fourth-order valence-corrected chi connectivity index (χ4v) is 2.09. The Hall–Kier alpha value is -1.76. The Bertz CT molecular complexity index is 454. The highest BCUT2D eigenvalue weighted by Gasteiger charge is 2.14. The van der Waals surface area contributed by atoms with Gasteiger partial charge in [0.25, 0.3) is 0 Å². The number of benzene rings is 1. The van der Waals surface area contributed by atoms with Crippen molar-refractivity contribution in [3.05, 3.63) is 66.3 Å². The highest BCUT2D eigenvalue weighted by molar-refractivity contribution is 5.46. The zero-order valence-corrected chi connectivity index (χ0v) is 10.6. The molecule has 0 radical (unpaired) electrons. The SMILES string of the molecule is C=C1C=CC(C)=CC1CN(C)c1ccccc1. The summed E-state index contributed by atoms with van der Waals surface area (Å²) in [6.45, 7) is 7.23. The van der Waals surface area contributed by atoms with Crippen molar-refractivity contribution in [1.82, 2.24) is 0 Å². The molecule has 0 saturated heterocycles. The predicted octanol–water partition coefficient (Wildman–Crippen LogP) is 3.81. The number of nitrogens with zero attached hydrogens (tertiary/aromatic N) is 1. The van der Waals surface area contributed by atoms with Crippen LogP contribution < -0.4 is 4.90 Å². The quantitative estimate of drug-likeness (QED) is 0.756. The van der Waals surface area contributed by atoms with Crippen molar-refractivity contribution in [3.63, 3.8) is 0 Å². The molecule has 0 aliphatic heterocycles. The minimum absolute atomic E-state index is 0.421. The second-order valence-electron chi connectivity index (χ2n) is 4.64. The van der Waals surface area contributed by atoms with E-state index in [-0.39, 0.29) is 0 Å². The summed E-state index contributed by atoms with van der Waals surface area (Å²) in [6.07, 6.45) is 6.54. The van der Waals surface area contributed by atoms with Crippen LogP contribution in [0.25, 0.3) is 0 Å². The molecule has 0 fully saturated rings. The molecule has 0 heterocycles. The first-order chi connectivity index (χ1) is 8.16. The first kappa shape index (κ1) is 11.7.